The van der Waals surface area contributed by atoms with E-state index < -0.39 is 18.5 Å². The molecule has 4 aromatic rings. The number of amides is 1. The van der Waals surface area contributed by atoms with Gasteiger partial charge in [0.1, 0.15) is 6.54 Å². The first-order chi connectivity index (χ1) is 15.7. The summed E-state index contributed by atoms with van der Waals surface area (Å²) in [5, 5.41) is 9.97. The van der Waals surface area contributed by atoms with Gasteiger partial charge in [-0.3, -0.25) is 9.69 Å². The summed E-state index contributed by atoms with van der Waals surface area (Å²) in [4.78, 5) is 31.3. The summed E-state index contributed by atoms with van der Waals surface area (Å²) in [5.41, 5.74) is 2.68. The van der Waals surface area contributed by atoms with Gasteiger partial charge in [-0.2, -0.15) is 5.26 Å². The van der Waals surface area contributed by atoms with Gasteiger partial charge in [0.05, 0.1) is 26.9 Å². The summed E-state index contributed by atoms with van der Waals surface area (Å²) in [6, 6.07) is 25.8. The van der Waals surface area contributed by atoms with E-state index in [2.05, 4.69) is 4.98 Å². The lowest BCUT2D eigenvalue weighted by Gasteiger charge is -2.19. The summed E-state index contributed by atoms with van der Waals surface area (Å²) in [5.74, 6) is -1.05. The topological polar surface area (TPSA) is 83.3 Å². The largest absolute Gasteiger partial charge is 0.452 e. The average Bonchev–Trinajstić information content (AvgIpc) is 3.24. The summed E-state index contributed by atoms with van der Waals surface area (Å²) >= 11 is 1.58. The molecule has 0 aliphatic rings. The molecule has 0 radical (unpaired) electrons. The zero-order chi connectivity index (χ0) is 22.3. The quantitative estimate of drug-likeness (QED) is 0.309. The van der Waals surface area contributed by atoms with E-state index in [1.54, 1.807) is 47.7 Å². The summed E-state index contributed by atoms with van der Waals surface area (Å²) in [6.07, 6.45) is 0.489. The number of nitriles is 1. The molecule has 3 aromatic carbocycles. The van der Waals surface area contributed by atoms with Gasteiger partial charge < -0.3 is 4.74 Å². The van der Waals surface area contributed by atoms with Gasteiger partial charge in [-0.25, -0.2) is 9.78 Å². The monoisotopic (exact) mass is 441 g/mol. The zero-order valence-corrected chi connectivity index (χ0v) is 17.9. The molecule has 7 heteroatoms. The summed E-state index contributed by atoms with van der Waals surface area (Å²) in [7, 11) is 0. The molecular weight excluding hydrogens is 422 g/mol. The number of esters is 1. The molecule has 158 valence electrons. The van der Waals surface area contributed by atoms with Gasteiger partial charge in [0.2, 0.25) is 0 Å². The van der Waals surface area contributed by atoms with Crippen LogP contribution in [0.3, 0.4) is 0 Å². The lowest BCUT2D eigenvalue weighted by Crippen LogP contribution is -2.35. The van der Waals surface area contributed by atoms with Gasteiger partial charge in [0.15, 0.2) is 6.61 Å². The first-order valence-electron chi connectivity index (χ1n) is 9.97. The molecule has 0 unspecified atom stereocenters. The van der Waals surface area contributed by atoms with Crippen LogP contribution in [0.4, 0.5) is 5.69 Å². The minimum absolute atomic E-state index is 0.130. The zero-order valence-electron chi connectivity index (χ0n) is 17.1. The number of carbonyl (C=O) groups is 2. The fourth-order valence-electron chi connectivity index (χ4n) is 3.32. The molecule has 0 saturated carbocycles. The number of hydrogen-bond acceptors (Lipinski definition) is 6. The average molecular weight is 442 g/mol. The number of benzene rings is 3. The first kappa shape index (κ1) is 21.2. The third kappa shape index (κ3) is 4.82. The minimum atomic E-state index is -0.583. The predicted molar refractivity (Wildman–Crippen MR) is 124 cm³/mol. The number of hydrogen-bond donors (Lipinski definition) is 0. The highest BCUT2D eigenvalue weighted by atomic mass is 32.1. The summed E-state index contributed by atoms with van der Waals surface area (Å²) in [6.45, 7) is -0.584. The normalized spacial score (nSPS) is 10.5. The van der Waals surface area contributed by atoms with E-state index >= 15 is 0 Å². The summed E-state index contributed by atoms with van der Waals surface area (Å²) < 4.78 is 6.41. The Morgan fingerprint density at radius 1 is 0.969 bits per heavy atom. The van der Waals surface area contributed by atoms with Gasteiger partial charge in [0, 0.05) is 12.1 Å². The predicted octanol–water partition coefficient (Wildman–Crippen LogP) is 4.60. The van der Waals surface area contributed by atoms with Crippen LogP contribution in [0.5, 0.6) is 0 Å². The van der Waals surface area contributed by atoms with Crippen LogP contribution in [0.25, 0.3) is 10.2 Å². The first-order valence-corrected chi connectivity index (χ1v) is 10.8. The number of ether oxygens (including phenoxy) is 1. The highest BCUT2D eigenvalue weighted by Gasteiger charge is 2.20. The Balaban J connectivity index is 1.46. The lowest BCUT2D eigenvalue weighted by atomic mass is 10.1. The molecule has 0 bridgehead atoms. The Bertz CT molecular complexity index is 1260. The standard InChI is InChI=1S/C25H19N3O3S/c26-14-15-28(19-9-2-1-3-10-19)24(29)17-31-25(30)20-11-5-4-8-18(20)16-23-27-21-12-6-7-13-22(21)32-23/h1-13H,15-17H2. The van der Waals surface area contributed by atoms with E-state index in [0.29, 0.717) is 17.7 Å². The fraction of sp³-hybridized carbons (Fsp3) is 0.120. The van der Waals surface area contributed by atoms with Gasteiger partial charge in [-0.05, 0) is 35.9 Å². The number of fused-ring (bicyclic) bond motifs is 1. The third-order valence-electron chi connectivity index (χ3n) is 4.84. The van der Waals surface area contributed by atoms with E-state index in [0.717, 1.165) is 20.8 Å². The molecule has 0 atom stereocenters. The van der Waals surface area contributed by atoms with Crippen LogP contribution in [0.1, 0.15) is 20.9 Å². The smallest absolute Gasteiger partial charge is 0.338 e. The molecule has 0 spiro atoms. The van der Waals surface area contributed by atoms with Crippen molar-refractivity contribution in [1.29, 1.82) is 5.26 Å². The highest BCUT2D eigenvalue weighted by molar-refractivity contribution is 7.18. The molecule has 0 N–H and O–H groups in total. The molecule has 0 aliphatic heterocycles. The van der Waals surface area contributed by atoms with Gasteiger partial charge in [-0.1, -0.05) is 48.5 Å². The van der Waals surface area contributed by atoms with E-state index in [4.69, 9.17) is 10.00 Å². The van der Waals surface area contributed by atoms with Crippen LogP contribution in [0, 0.1) is 11.3 Å². The van der Waals surface area contributed by atoms with Crippen LogP contribution in [-0.4, -0.2) is 30.0 Å². The van der Waals surface area contributed by atoms with E-state index in [9.17, 15) is 9.59 Å². The second kappa shape index (κ2) is 9.86. The number of carbonyl (C=O) groups excluding carboxylic acids is 2. The number of thiazole rings is 1. The SMILES string of the molecule is N#CCN(C(=O)COC(=O)c1ccccc1Cc1nc2ccccc2s1)c1ccccc1. The maximum Gasteiger partial charge on any atom is 0.338 e. The Kier molecular flexibility index (Phi) is 6.54. The third-order valence-corrected chi connectivity index (χ3v) is 5.88. The lowest BCUT2D eigenvalue weighted by molar-refractivity contribution is -0.121. The molecule has 0 saturated heterocycles. The number of nitrogens with zero attached hydrogens (tertiary/aromatic N) is 3. The van der Waals surface area contributed by atoms with Crippen molar-refractivity contribution in [3.63, 3.8) is 0 Å². The van der Waals surface area contributed by atoms with Crippen molar-refractivity contribution in [2.75, 3.05) is 18.1 Å². The number of para-hydroxylation sites is 2. The molecule has 4 rings (SSSR count). The molecule has 6 nitrogen and oxygen atoms in total. The Morgan fingerprint density at radius 2 is 1.69 bits per heavy atom. The molecule has 0 fully saturated rings. The van der Waals surface area contributed by atoms with Gasteiger partial charge in [-0.15, -0.1) is 11.3 Å². The minimum Gasteiger partial charge on any atom is -0.452 e. The maximum atomic E-state index is 12.8. The van der Waals surface area contributed by atoms with Gasteiger partial charge >= 0.3 is 5.97 Å². The molecule has 32 heavy (non-hydrogen) atoms. The van der Waals surface area contributed by atoms with Crippen LogP contribution in [-0.2, 0) is 16.0 Å². The Hall–Kier alpha value is -4.02. The van der Waals surface area contributed by atoms with E-state index in [1.165, 1.54) is 4.90 Å². The second-order valence-electron chi connectivity index (χ2n) is 6.96. The highest BCUT2D eigenvalue weighted by Crippen LogP contribution is 2.25. The van der Waals surface area contributed by atoms with Crippen molar-refractivity contribution in [3.8, 4) is 6.07 Å². The Labute approximate surface area is 189 Å². The van der Waals surface area contributed by atoms with E-state index in [1.807, 2.05) is 48.5 Å². The van der Waals surface area contributed by atoms with E-state index in [-0.39, 0.29) is 6.54 Å². The molecule has 1 amide bonds. The number of anilines is 1. The van der Waals surface area contributed by atoms with Crippen molar-refractivity contribution < 1.29 is 14.3 Å². The number of rotatable bonds is 7. The maximum absolute atomic E-state index is 12.8. The Morgan fingerprint density at radius 3 is 2.47 bits per heavy atom. The second-order valence-corrected chi connectivity index (χ2v) is 8.07. The fourth-order valence-corrected chi connectivity index (χ4v) is 4.31. The van der Waals surface area contributed by atoms with Crippen LogP contribution < -0.4 is 4.90 Å². The van der Waals surface area contributed by atoms with Crippen molar-refractivity contribution in [2.24, 2.45) is 0 Å². The van der Waals surface area contributed by atoms with Crippen molar-refractivity contribution >= 4 is 39.1 Å². The van der Waals surface area contributed by atoms with Crippen molar-refractivity contribution in [3.05, 3.63) is 95.0 Å². The number of aromatic nitrogens is 1. The van der Waals surface area contributed by atoms with Crippen molar-refractivity contribution in [1.82, 2.24) is 4.98 Å². The molecular formula is C25H19N3O3S. The molecule has 1 aromatic heterocycles. The van der Waals surface area contributed by atoms with Gasteiger partial charge in [0.25, 0.3) is 5.91 Å². The molecule has 1 heterocycles. The van der Waals surface area contributed by atoms with Crippen LogP contribution in [0.15, 0.2) is 78.9 Å². The molecule has 0 aliphatic carbocycles. The van der Waals surface area contributed by atoms with Crippen LogP contribution in [0.2, 0.25) is 0 Å². The van der Waals surface area contributed by atoms with Crippen molar-refractivity contribution in [2.45, 2.75) is 6.42 Å². The van der Waals surface area contributed by atoms with Crippen LogP contribution >= 0.6 is 11.3 Å².